The Kier molecular flexibility index (Phi) is 5.22. The third-order valence-electron chi connectivity index (χ3n) is 3.17. The molecule has 1 heterocycles. The van der Waals surface area contributed by atoms with Crippen LogP contribution in [0.15, 0.2) is 18.2 Å². The van der Waals surface area contributed by atoms with E-state index in [-0.39, 0.29) is 11.5 Å². The Bertz CT molecular complexity index is 622. The molecule has 21 heavy (non-hydrogen) atoms. The normalized spacial score (nSPS) is 13.4. The van der Waals surface area contributed by atoms with Crippen LogP contribution in [0.25, 0.3) is 0 Å². The number of aromatic nitrogens is 2. The predicted octanol–water partition coefficient (Wildman–Crippen LogP) is 3.89. The van der Waals surface area contributed by atoms with Crippen LogP contribution in [0, 0.1) is 0 Å². The Morgan fingerprint density at radius 2 is 2.00 bits per heavy atom. The maximum Gasteiger partial charge on any atom is 0.0857 e. The van der Waals surface area contributed by atoms with Crippen molar-refractivity contribution in [3.8, 4) is 0 Å². The van der Waals surface area contributed by atoms with Crippen LogP contribution in [0.4, 0.5) is 0 Å². The number of halogens is 2. The molecule has 1 atom stereocenters. The molecular weight excluding hydrogens is 327 g/mol. The maximum absolute atomic E-state index is 6.06. The molecule has 1 unspecified atom stereocenters. The summed E-state index contributed by atoms with van der Waals surface area (Å²) in [5.74, 6) is 5.73. The summed E-state index contributed by atoms with van der Waals surface area (Å²) < 4.78 is 4.08. The summed E-state index contributed by atoms with van der Waals surface area (Å²) in [4.78, 5) is 1.05. The Balaban J connectivity index is 2.28. The van der Waals surface area contributed by atoms with E-state index >= 15 is 0 Å². The highest BCUT2D eigenvalue weighted by Crippen LogP contribution is 2.32. The second-order valence-corrected chi connectivity index (χ2v) is 7.51. The zero-order valence-corrected chi connectivity index (χ0v) is 14.5. The third kappa shape index (κ3) is 3.93. The SMILES string of the molecule is CC(C)(C)c1nnsc1C(Cc1ccc(Cl)c(Cl)c1)NN. The molecule has 0 bridgehead atoms. The van der Waals surface area contributed by atoms with Crippen LogP contribution in [-0.2, 0) is 11.8 Å². The first-order valence-corrected chi connectivity index (χ1v) is 8.08. The smallest absolute Gasteiger partial charge is 0.0857 e. The van der Waals surface area contributed by atoms with E-state index in [1.165, 1.54) is 11.5 Å². The summed E-state index contributed by atoms with van der Waals surface area (Å²) in [6.07, 6.45) is 0.695. The van der Waals surface area contributed by atoms with E-state index in [1.807, 2.05) is 12.1 Å². The average Bonchev–Trinajstić information content (AvgIpc) is 2.89. The average molecular weight is 345 g/mol. The van der Waals surface area contributed by atoms with Gasteiger partial charge in [0.25, 0.3) is 0 Å². The van der Waals surface area contributed by atoms with Crippen LogP contribution in [0.5, 0.6) is 0 Å². The first-order chi connectivity index (χ1) is 9.82. The van der Waals surface area contributed by atoms with Gasteiger partial charge in [-0.25, -0.2) is 0 Å². The van der Waals surface area contributed by atoms with Crippen molar-refractivity contribution in [3.05, 3.63) is 44.4 Å². The number of nitrogens with two attached hydrogens (primary N) is 1. The third-order valence-corrected chi connectivity index (χ3v) is 4.74. The molecule has 0 aliphatic heterocycles. The van der Waals surface area contributed by atoms with Gasteiger partial charge in [-0.3, -0.25) is 11.3 Å². The summed E-state index contributed by atoms with van der Waals surface area (Å²) in [6.45, 7) is 6.33. The predicted molar refractivity (Wildman–Crippen MR) is 88.8 cm³/mol. The minimum Gasteiger partial charge on any atom is -0.271 e. The highest BCUT2D eigenvalue weighted by molar-refractivity contribution is 7.05. The Hall–Kier alpha value is -0.720. The fourth-order valence-corrected chi connectivity index (χ4v) is 3.32. The lowest BCUT2D eigenvalue weighted by molar-refractivity contribution is 0.515. The Labute approximate surface area is 138 Å². The van der Waals surface area contributed by atoms with Gasteiger partial charge in [0.15, 0.2) is 0 Å². The fourth-order valence-electron chi connectivity index (χ4n) is 2.08. The number of rotatable bonds is 4. The van der Waals surface area contributed by atoms with Crippen molar-refractivity contribution in [3.63, 3.8) is 0 Å². The molecule has 0 aliphatic rings. The fraction of sp³-hybridized carbons (Fsp3) is 0.429. The highest BCUT2D eigenvalue weighted by Gasteiger charge is 2.27. The van der Waals surface area contributed by atoms with Crippen LogP contribution in [0.3, 0.4) is 0 Å². The molecule has 0 saturated carbocycles. The van der Waals surface area contributed by atoms with Crippen molar-refractivity contribution < 1.29 is 0 Å². The minimum atomic E-state index is -0.0743. The van der Waals surface area contributed by atoms with Gasteiger partial charge < -0.3 is 0 Å². The number of hydrogen-bond acceptors (Lipinski definition) is 5. The molecule has 0 aliphatic carbocycles. The van der Waals surface area contributed by atoms with Gasteiger partial charge in [0.1, 0.15) is 0 Å². The molecular formula is C14H18Cl2N4S. The monoisotopic (exact) mass is 344 g/mol. The van der Waals surface area contributed by atoms with Crippen molar-refractivity contribution >= 4 is 34.7 Å². The van der Waals surface area contributed by atoms with Crippen LogP contribution in [0.2, 0.25) is 10.0 Å². The molecule has 3 N–H and O–H groups in total. The van der Waals surface area contributed by atoms with Crippen LogP contribution < -0.4 is 11.3 Å². The first kappa shape index (κ1) is 16.6. The number of benzene rings is 1. The molecule has 2 rings (SSSR count). The van der Waals surface area contributed by atoms with E-state index in [4.69, 9.17) is 29.0 Å². The van der Waals surface area contributed by atoms with Gasteiger partial charge in [0, 0.05) is 5.41 Å². The largest absolute Gasteiger partial charge is 0.271 e. The lowest BCUT2D eigenvalue weighted by Crippen LogP contribution is -2.31. The van der Waals surface area contributed by atoms with Crippen molar-refractivity contribution in [1.82, 2.24) is 15.0 Å². The van der Waals surface area contributed by atoms with E-state index in [9.17, 15) is 0 Å². The van der Waals surface area contributed by atoms with Crippen molar-refractivity contribution in [2.24, 2.45) is 5.84 Å². The van der Waals surface area contributed by atoms with Crippen LogP contribution in [0.1, 0.15) is 42.9 Å². The standard InChI is InChI=1S/C14H18Cl2N4S/c1-14(2,3)13-12(21-20-19-13)11(18-17)7-8-4-5-9(15)10(16)6-8/h4-6,11,18H,7,17H2,1-3H3. The van der Waals surface area contributed by atoms with E-state index in [0.29, 0.717) is 16.5 Å². The Morgan fingerprint density at radius 3 is 2.57 bits per heavy atom. The topological polar surface area (TPSA) is 63.8 Å². The molecule has 0 spiro atoms. The van der Waals surface area contributed by atoms with Crippen molar-refractivity contribution in [2.75, 3.05) is 0 Å². The number of hydrazine groups is 1. The lowest BCUT2D eigenvalue weighted by Gasteiger charge is -2.21. The minimum absolute atomic E-state index is 0.0588. The van der Waals surface area contributed by atoms with Gasteiger partial charge in [-0.15, -0.1) is 5.10 Å². The van der Waals surface area contributed by atoms with E-state index in [2.05, 4.69) is 35.8 Å². The number of hydrogen-bond donors (Lipinski definition) is 2. The van der Waals surface area contributed by atoms with Gasteiger partial charge in [0.2, 0.25) is 0 Å². The van der Waals surface area contributed by atoms with E-state index < -0.39 is 0 Å². The molecule has 0 radical (unpaired) electrons. The van der Waals surface area contributed by atoms with Crippen molar-refractivity contribution in [2.45, 2.75) is 38.6 Å². The van der Waals surface area contributed by atoms with Crippen molar-refractivity contribution in [1.29, 1.82) is 0 Å². The molecule has 0 saturated heterocycles. The molecule has 4 nitrogen and oxygen atoms in total. The highest BCUT2D eigenvalue weighted by atomic mass is 35.5. The summed E-state index contributed by atoms with van der Waals surface area (Å²) in [5.41, 5.74) is 4.80. The van der Waals surface area contributed by atoms with Gasteiger partial charge in [0.05, 0.1) is 26.7 Å². The van der Waals surface area contributed by atoms with E-state index in [0.717, 1.165) is 16.1 Å². The number of nitrogens with one attached hydrogen (secondary N) is 1. The van der Waals surface area contributed by atoms with Gasteiger partial charge >= 0.3 is 0 Å². The molecule has 2 aromatic rings. The maximum atomic E-state index is 6.06. The summed E-state index contributed by atoms with van der Waals surface area (Å²) >= 11 is 13.4. The Morgan fingerprint density at radius 1 is 1.29 bits per heavy atom. The summed E-state index contributed by atoms with van der Waals surface area (Å²) in [5, 5.41) is 5.35. The zero-order valence-electron chi connectivity index (χ0n) is 12.2. The molecule has 114 valence electrons. The first-order valence-electron chi connectivity index (χ1n) is 6.55. The number of nitrogens with zero attached hydrogens (tertiary/aromatic N) is 2. The molecule has 1 aromatic heterocycles. The van der Waals surface area contributed by atoms with Crippen LogP contribution >= 0.6 is 34.7 Å². The van der Waals surface area contributed by atoms with Crippen LogP contribution in [-0.4, -0.2) is 9.59 Å². The molecule has 1 aromatic carbocycles. The lowest BCUT2D eigenvalue weighted by atomic mass is 9.89. The second-order valence-electron chi connectivity index (χ2n) is 5.91. The van der Waals surface area contributed by atoms with Gasteiger partial charge in [-0.1, -0.05) is 54.5 Å². The summed E-state index contributed by atoms with van der Waals surface area (Å²) in [6, 6.07) is 5.54. The van der Waals surface area contributed by atoms with Gasteiger partial charge in [-0.05, 0) is 35.6 Å². The summed E-state index contributed by atoms with van der Waals surface area (Å²) in [7, 11) is 0. The van der Waals surface area contributed by atoms with E-state index in [1.54, 1.807) is 6.07 Å². The molecule has 7 heteroatoms. The molecule has 0 amide bonds. The zero-order chi connectivity index (χ0) is 15.6. The quantitative estimate of drug-likeness (QED) is 0.652. The molecule has 0 fully saturated rings. The second kappa shape index (κ2) is 6.58. The van der Waals surface area contributed by atoms with Gasteiger partial charge in [-0.2, -0.15) is 0 Å².